The van der Waals surface area contributed by atoms with E-state index in [1.54, 1.807) is 12.1 Å². The van der Waals surface area contributed by atoms with Crippen molar-refractivity contribution in [3.05, 3.63) is 29.3 Å². The van der Waals surface area contributed by atoms with Crippen LogP contribution >= 0.6 is 0 Å². The van der Waals surface area contributed by atoms with E-state index in [4.69, 9.17) is 4.74 Å². The zero-order valence-electron chi connectivity index (χ0n) is 15.7. The lowest BCUT2D eigenvalue weighted by Gasteiger charge is -2.29. The Labute approximate surface area is 160 Å². The molecule has 7 nitrogen and oxygen atoms in total. The summed E-state index contributed by atoms with van der Waals surface area (Å²) in [6, 6.07) is 4.94. The third-order valence-corrected chi connectivity index (χ3v) is 6.54. The first-order chi connectivity index (χ1) is 12.8. The third-order valence-electron chi connectivity index (χ3n) is 5.36. The van der Waals surface area contributed by atoms with Crippen LogP contribution in [0.15, 0.2) is 18.2 Å². The Morgan fingerprint density at radius 2 is 2.00 bits per heavy atom. The van der Waals surface area contributed by atoms with Gasteiger partial charge in [0.2, 0.25) is 10.0 Å². The lowest BCUT2D eigenvalue weighted by atomic mass is 9.86. The molecule has 0 bridgehead atoms. The number of rotatable bonds is 5. The number of esters is 1. The maximum Gasteiger partial charge on any atom is 0.338 e. The zero-order valence-corrected chi connectivity index (χ0v) is 16.5. The van der Waals surface area contributed by atoms with Crippen molar-refractivity contribution < 1.29 is 22.7 Å². The molecule has 2 atom stereocenters. The average molecular weight is 394 g/mol. The van der Waals surface area contributed by atoms with Crippen molar-refractivity contribution in [3.8, 4) is 0 Å². The maximum absolute atomic E-state index is 12.2. The molecule has 1 amide bonds. The van der Waals surface area contributed by atoms with Gasteiger partial charge in [-0.1, -0.05) is 19.8 Å². The van der Waals surface area contributed by atoms with Crippen LogP contribution in [0.25, 0.3) is 0 Å². The number of sulfonamides is 1. The summed E-state index contributed by atoms with van der Waals surface area (Å²) in [5.41, 5.74) is 1.70. The lowest BCUT2D eigenvalue weighted by Crippen LogP contribution is -2.42. The summed E-state index contributed by atoms with van der Waals surface area (Å²) >= 11 is 0. The van der Waals surface area contributed by atoms with Crippen molar-refractivity contribution in [2.24, 2.45) is 5.92 Å². The molecule has 1 aliphatic carbocycles. The van der Waals surface area contributed by atoms with Crippen LogP contribution in [0.4, 0.5) is 5.69 Å². The number of hydrogen-bond donors (Lipinski definition) is 1. The molecule has 27 heavy (non-hydrogen) atoms. The monoisotopic (exact) mass is 394 g/mol. The van der Waals surface area contributed by atoms with Gasteiger partial charge < -0.3 is 10.1 Å². The standard InChI is InChI=1S/C19H26N2O5S/c1-13-5-3-4-6-16(13)20-18(22)12-26-19(23)15-7-8-17-14(11-15)9-10-21(17)27(2,24)25/h7-8,11,13,16H,3-6,9-10,12H2,1-2H3,(H,20,22)/t13-,16+/m0/s1. The average Bonchev–Trinajstić information content (AvgIpc) is 3.05. The summed E-state index contributed by atoms with van der Waals surface area (Å²) in [6.45, 7) is 2.18. The van der Waals surface area contributed by atoms with E-state index >= 15 is 0 Å². The predicted molar refractivity (Wildman–Crippen MR) is 102 cm³/mol. The Hall–Kier alpha value is -2.09. The van der Waals surface area contributed by atoms with E-state index in [-0.39, 0.29) is 18.6 Å². The van der Waals surface area contributed by atoms with E-state index in [0.29, 0.717) is 30.1 Å². The molecule has 0 unspecified atom stereocenters. The molecule has 148 valence electrons. The van der Waals surface area contributed by atoms with Crippen molar-refractivity contribution in [2.45, 2.75) is 45.1 Å². The largest absolute Gasteiger partial charge is 0.452 e. The molecule has 1 aromatic rings. The quantitative estimate of drug-likeness (QED) is 0.770. The summed E-state index contributed by atoms with van der Waals surface area (Å²) in [5.74, 6) is -0.429. The highest BCUT2D eigenvalue weighted by molar-refractivity contribution is 7.92. The highest BCUT2D eigenvalue weighted by Crippen LogP contribution is 2.30. The molecule has 1 aliphatic heterocycles. The molecule has 3 rings (SSSR count). The summed E-state index contributed by atoms with van der Waals surface area (Å²) in [7, 11) is -3.33. The normalized spacial score (nSPS) is 22.2. The van der Waals surface area contributed by atoms with Crippen molar-refractivity contribution in [3.63, 3.8) is 0 Å². The van der Waals surface area contributed by atoms with Crippen LogP contribution in [0.1, 0.15) is 48.5 Å². The first kappa shape index (κ1) is 19.7. The first-order valence-electron chi connectivity index (χ1n) is 9.33. The maximum atomic E-state index is 12.2. The molecule has 0 saturated heterocycles. The number of ether oxygens (including phenoxy) is 1. The van der Waals surface area contributed by atoms with Crippen LogP contribution in [0.5, 0.6) is 0 Å². The Bertz CT molecular complexity index is 837. The zero-order chi connectivity index (χ0) is 19.6. The molecule has 1 fully saturated rings. The van der Waals surface area contributed by atoms with E-state index in [1.807, 2.05) is 0 Å². The van der Waals surface area contributed by atoms with Gasteiger partial charge in [0.15, 0.2) is 6.61 Å². The number of amides is 1. The van der Waals surface area contributed by atoms with Gasteiger partial charge in [0.25, 0.3) is 5.91 Å². The van der Waals surface area contributed by atoms with E-state index in [0.717, 1.165) is 31.1 Å². The minimum Gasteiger partial charge on any atom is -0.452 e. The fraction of sp³-hybridized carbons (Fsp3) is 0.579. The molecule has 0 aromatic heterocycles. The number of fused-ring (bicyclic) bond motifs is 1. The minimum absolute atomic E-state index is 0.145. The second kappa shape index (κ2) is 7.88. The Morgan fingerprint density at radius 3 is 2.70 bits per heavy atom. The molecular formula is C19H26N2O5S. The van der Waals surface area contributed by atoms with E-state index in [1.165, 1.54) is 16.8 Å². The van der Waals surface area contributed by atoms with Crippen molar-refractivity contribution >= 4 is 27.6 Å². The topological polar surface area (TPSA) is 92.8 Å². The molecule has 1 aromatic carbocycles. The Kier molecular flexibility index (Phi) is 5.74. The number of nitrogens with zero attached hydrogens (tertiary/aromatic N) is 1. The van der Waals surface area contributed by atoms with Gasteiger partial charge in [-0.3, -0.25) is 9.10 Å². The number of nitrogens with one attached hydrogen (secondary N) is 1. The number of benzene rings is 1. The molecule has 0 spiro atoms. The van der Waals surface area contributed by atoms with Gasteiger partial charge in [0, 0.05) is 12.6 Å². The van der Waals surface area contributed by atoms with Crippen LogP contribution in [-0.4, -0.2) is 45.7 Å². The summed E-state index contributed by atoms with van der Waals surface area (Å²) < 4.78 is 30.0. The van der Waals surface area contributed by atoms with E-state index in [9.17, 15) is 18.0 Å². The summed E-state index contributed by atoms with van der Waals surface area (Å²) in [5, 5.41) is 2.95. The van der Waals surface area contributed by atoms with Gasteiger partial charge in [-0.15, -0.1) is 0 Å². The van der Waals surface area contributed by atoms with Crippen molar-refractivity contribution in [2.75, 3.05) is 23.7 Å². The molecule has 1 heterocycles. The number of anilines is 1. The van der Waals surface area contributed by atoms with Gasteiger partial charge >= 0.3 is 5.97 Å². The Balaban J connectivity index is 1.57. The van der Waals surface area contributed by atoms with Crippen molar-refractivity contribution in [1.82, 2.24) is 5.32 Å². The highest BCUT2D eigenvalue weighted by Gasteiger charge is 2.27. The molecule has 1 saturated carbocycles. The van der Waals surface area contributed by atoms with Crippen LogP contribution in [0.3, 0.4) is 0 Å². The summed E-state index contributed by atoms with van der Waals surface area (Å²) in [6.07, 6.45) is 6.07. The van der Waals surface area contributed by atoms with Crippen LogP contribution in [-0.2, 0) is 26.0 Å². The SMILES string of the molecule is C[C@H]1CCCC[C@H]1NC(=O)COC(=O)c1ccc2c(c1)CCN2S(C)(=O)=O. The van der Waals surface area contributed by atoms with Gasteiger partial charge in [-0.25, -0.2) is 13.2 Å². The van der Waals surface area contributed by atoms with Gasteiger partial charge in [-0.05, 0) is 48.9 Å². The van der Waals surface area contributed by atoms with Crippen LogP contribution in [0.2, 0.25) is 0 Å². The van der Waals surface area contributed by atoms with Gasteiger partial charge in [0.1, 0.15) is 0 Å². The number of carbonyl (C=O) groups is 2. The van der Waals surface area contributed by atoms with Crippen molar-refractivity contribution in [1.29, 1.82) is 0 Å². The van der Waals surface area contributed by atoms with Gasteiger partial charge in [-0.2, -0.15) is 0 Å². The molecule has 2 aliphatic rings. The fourth-order valence-electron chi connectivity index (χ4n) is 3.84. The highest BCUT2D eigenvalue weighted by atomic mass is 32.2. The Morgan fingerprint density at radius 1 is 1.26 bits per heavy atom. The molecular weight excluding hydrogens is 368 g/mol. The third kappa shape index (κ3) is 4.61. The second-order valence-electron chi connectivity index (χ2n) is 7.44. The molecule has 0 radical (unpaired) electrons. The number of carbonyl (C=O) groups excluding carboxylic acids is 2. The minimum atomic E-state index is -3.33. The smallest absolute Gasteiger partial charge is 0.338 e. The number of hydrogen-bond acceptors (Lipinski definition) is 5. The van der Waals surface area contributed by atoms with Gasteiger partial charge in [0.05, 0.1) is 17.5 Å². The fourth-order valence-corrected chi connectivity index (χ4v) is 4.79. The first-order valence-corrected chi connectivity index (χ1v) is 11.2. The van der Waals surface area contributed by atoms with E-state index in [2.05, 4.69) is 12.2 Å². The summed E-state index contributed by atoms with van der Waals surface area (Å²) in [4.78, 5) is 24.3. The molecule has 1 N–H and O–H groups in total. The predicted octanol–water partition coefficient (Wildman–Crippen LogP) is 1.86. The van der Waals surface area contributed by atoms with Crippen LogP contribution in [0, 0.1) is 5.92 Å². The molecule has 8 heteroatoms. The lowest BCUT2D eigenvalue weighted by molar-refractivity contribution is -0.125. The second-order valence-corrected chi connectivity index (χ2v) is 9.35. The van der Waals surface area contributed by atoms with E-state index < -0.39 is 16.0 Å². The van der Waals surface area contributed by atoms with Crippen LogP contribution < -0.4 is 9.62 Å².